The molecule has 96 valence electrons. The minimum atomic E-state index is 0.720. The van der Waals surface area contributed by atoms with Gasteiger partial charge in [-0.15, -0.1) is 0 Å². The molecular weight excluding hydrogens is 216 g/mol. The fourth-order valence-electron chi connectivity index (χ4n) is 2.30. The molecule has 16 heavy (non-hydrogen) atoms. The van der Waals surface area contributed by atoms with E-state index in [1.54, 1.807) is 0 Å². The van der Waals surface area contributed by atoms with Crippen molar-refractivity contribution in [1.82, 2.24) is 10.2 Å². The van der Waals surface area contributed by atoms with Crippen molar-refractivity contribution in [2.45, 2.75) is 51.1 Å². The lowest BCUT2D eigenvalue weighted by Gasteiger charge is -2.25. The van der Waals surface area contributed by atoms with Crippen molar-refractivity contribution in [1.29, 1.82) is 0 Å². The maximum Gasteiger partial charge on any atom is 0.0107 e. The fraction of sp³-hybridized carbons (Fsp3) is 1.00. The fourth-order valence-corrected chi connectivity index (χ4v) is 2.88. The van der Waals surface area contributed by atoms with Crippen molar-refractivity contribution >= 4 is 11.8 Å². The van der Waals surface area contributed by atoms with E-state index in [0.29, 0.717) is 0 Å². The zero-order chi connectivity index (χ0) is 11.8. The monoisotopic (exact) mass is 244 g/mol. The molecule has 0 spiro atoms. The Morgan fingerprint density at radius 3 is 2.69 bits per heavy atom. The summed E-state index contributed by atoms with van der Waals surface area (Å²) in [6, 6.07) is 1.53. The molecule has 1 aliphatic carbocycles. The number of nitrogens with one attached hydrogen (secondary N) is 1. The van der Waals surface area contributed by atoms with Gasteiger partial charge >= 0.3 is 0 Å². The maximum absolute atomic E-state index is 3.68. The van der Waals surface area contributed by atoms with Crippen LogP contribution in [0.1, 0.15) is 39.0 Å². The van der Waals surface area contributed by atoms with Crippen molar-refractivity contribution in [2.75, 3.05) is 32.1 Å². The molecule has 0 aliphatic heterocycles. The van der Waals surface area contributed by atoms with Crippen LogP contribution in [-0.2, 0) is 0 Å². The molecule has 1 saturated carbocycles. The Hall–Kier alpha value is 0.270. The lowest BCUT2D eigenvalue weighted by Crippen LogP contribution is -2.38. The molecule has 0 radical (unpaired) electrons. The van der Waals surface area contributed by atoms with Crippen LogP contribution in [0.3, 0.4) is 0 Å². The summed E-state index contributed by atoms with van der Waals surface area (Å²) in [5.74, 6) is 1.28. The summed E-state index contributed by atoms with van der Waals surface area (Å²) >= 11 is 1.95. The first-order valence-corrected chi connectivity index (χ1v) is 8.06. The molecule has 1 unspecified atom stereocenters. The van der Waals surface area contributed by atoms with Crippen LogP contribution in [0.25, 0.3) is 0 Å². The van der Waals surface area contributed by atoms with Crippen LogP contribution in [-0.4, -0.2) is 49.1 Å². The highest BCUT2D eigenvalue weighted by Gasteiger charge is 2.14. The van der Waals surface area contributed by atoms with E-state index in [9.17, 15) is 0 Å². The highest BCUT2D eigenvalue weighted by molar-refractivity contribution is 7.98. The second kappa shape index (κ2) is 8.37. The molecule has 1 atom stereocenters. The van der Waals surface area contributed by atoms with E-state index in [1.807, 2.05) is 11.8 Å². The van der Waals surface area contributed by atoms with E-state index in [-0.39, 0.29) is 0 Å². The molecule has 0 aromatic carbocycles. The lowest BCUT2D eigenvalue weighted by atomic mass is 10.2. The Bertz CT molecular complexity index is 169. The molecule has 1 fully saturated rings. The van der Waals surface area contributed by atoms with Gasteiger partial charge in [0.05, 0.1) is 0 Å². The molecule has 0 aromatic heterocycles. The predicted octanol–water partition coefficient (Wildman–Crippen LogP) is 2.59. The van der Waals surface area contributed by atoms with Crippen molar-refractivity contribution in [3.05, 3.63) is 0 Å². The van der Waals surface area contributed by atoms with Gasteiger partial charge in [0, 0.05) is 25.2 Å². The third kappa shape index (κ3) is 5.55. The molecule has 1 rings (SSSR count). The molecule has 1 N–H and O–H groups in total. The maximum atomic E-state index is 3.68. The summed E-state index contributed by atoms with van der Waals surface area (Å²) in [4.78, 5) is 2.48. The van der Waals surface area contributed by atoms with Gasteiger partial charge in [-0.3, -0.25) is 0 Å². The van der Waals surface area contributed by atoms with Gasteiger partial charge in [-0.05, 0) is 45.2 Å². The molecule has 0 bridgehead atoms. The molecule has 0 heterocycles. The third-order valence-electron chi connectivity index (χ3n) is 3.74. The minimum Gasteiger partial charge on any atom is -0.313 e. The molecule has 0 saturated heterocycles. The van der Waals surface area contributed by atoms with Gasteiger partial charge in [0.2, 0.25) is 0 Å². The van der Waals surface area contributed by atoms with Crippen molar-refractivity contribution < 1.29 is 0 Å². The van der Waals surface area contributed by atoms with E-state index in [2.05, 4.69) is 30.4 Å². The molecule has 0 aromatic rings. The van der Waals surface area contributed by atoms with E-state index in [1.165, 1.54) is 44.4 Å². The highest BCUT2D eigenvalue weighted by atomic mass is 32.2. The molecule has 2 nitrogen and oxygen atoms in total. The van der Waals surface area contributed by atoms with Crippen LogP contribution in [0, 0.1) is 0 Å². The molecule has 0 amide bonds. The predicted molar refractivity (Wildman–Crippen MR) is 75.3 cm³/mol. The quantitative estimate of drug-likeness (QED) is 0.706. The summed E-state index contributed by atoms with van der Waals surface area (Å²) in [6.45, 7) is 4.68. The summed E-state index contributed by atoms with van der Waals surface area (Å²) in [5, 5.41) is 3.68. The van der Waals surface area contributed by atoms with Crippen LogP contribution in [0.2, 0.25) is 0 Å². The largest absolute Gasteiger partial charge is 0.313 e. The van der Waals surface area contributed by atoms with Gasteiger partial charge in [0.1, 0.15) is 0 Å². The van der Waals surface area contributed by atoms with Crippen LogP contribution < -0.4 is 5.32 Å². The van der Waals surface area contributed by atoms with Gasteiger partial charge in [0.25, 0.3) is 0 Å². The minimum absolute atomic E-state index is 0.720. The average molecular weight is 244 g/mol. The van der Waals surface area contributed by atoms with Gasteiger partial charge in [-0.25, -0.2) is 0 Å². The highest BCUT2D eigenvalue weighted by Crippen LogP contribution is 2.17. The first-order chi connectivity index (χ1) is 7.74. The van der Waals surface area contributed by atoms with Gasteiger partial charge < -0.3 is 10.2 Å². The Labute approximate surface area is 106 Å². The van der Waals surface area contributed by atoms with Crippen molar-refractivity contribution in [2.24, 2.45) is 0 Å². The summed E-state index contributed by atoms with van der Waals surface area (Å²) in [6.07, 6.45) is 9.14. The van der Waals surface area contributed by atoms with Crippen LogP contribution in [0.5, 0.6) is 0 Å². The normalized spacial score (nSPS) is 19.5. The summed E-state index contributed by atoms with van der Waals surface area (Å²) in [7, 11) is 2.25. The smallest absolute Gasteiger partial charge is 0.0107 e. The number of rotatable bonds is 8. The Kier molecular flexibility index (Phi) is 7.50. The van der Waals surface area contributed by atoms with Gasteiger partial charge in [0.15, 0.2) is 0 Å². The zero-order valence-electron chi connectivity index (χ0n) is 11.2. The SMILES string of the molecule is CSCCC(C)N(C)CCNC1CCCC1. The van der Waals surface area contributed by atoms with Crippen LogP contribution in [0.15, 0.2) is 0 Å². The number of nitrogens with zero attached hydrogens (tertiary/aromatic N) is 1. The topological polar surface area (TPSA) is 15.3 Å². The average Bonchev–Trinajstić information content (AvgIpc) is 2.78. The van der Waals surface area contributed by atoms with E-state index < -0.39 is 0 Å². The Morgan fingerprint density at radius 2 is 2.06 bits per heavy atom. The number of likely N-dealkylation sites (N-methyl/N-ethyl adjacent to an activating group) is 1. The number of thioether (sulfide) groups is 1. The first kappa shape index (κ1) is 14.3. The number of hydrogen-bond acceptors (Lipinski definition) is 3. The second-order valence-electron chi connectivity index (χ2n) is 5.05. The summed E-state index contributed by atoms with van der Waals surface area (Å²) in [5.41, 5.74) is 0. The molecule has 1 aliphatic rings. The standard InChI is InChI=1S/C13H28N2S/c1-12(8-11-16-3)15(2)10-9-14-13-6-4-5-7-13/h12-14H,4-11H2,1-3H3. The molecule has 3 heteroatoms. The first-order valence-electron chi connectivity index (χ1n) is 6.66. The van der Waals surface area contributed by atoms with Gasteiger partial charge in [-0.1, -0.05) is 12.8 Å². The van der Waals surface area contributed by atoms with Crippen LogP contribution >= 0.6 is 11.8 Å². The lowest BCUT2D eigenvalue weighted by molar-refractivity contribution is 0.249. The van der Waals surface area contributed by atoms with Gasteiger partial charge in [-0.2, -0.15) is 11.8 Å². The van der Waals surface area contributed by atoms with Crippen LogP contribution in [0.4, 0.5) is 0 Å². The zero-order valence-corrected chi connectivity index (χ0v) is 12.0. The number of hydrogen-bond donors (Lipinski definition) is 1. The van der Waals surface area contributed by atoms with E-state index >= 15 is 0 Å². The Morgan fingerprint density at radius 1 is 1.38 bits per heavy atom. The van der Waals surface area contributed by atoms with Crippen molar-refractivity contribution in [3.8, 4) is 0 Å². The van der Waals surface area contributed by atoms with Crippen molar-refractivity contribution in [3.63, 3.8) is 0 Å². The second-order valence-corrected chi connectivity index (χ2v) is 6.03. The Balaban J connectivity index is 2.01. The third-order valence-corrected chi connectivity index (χ3v) is 4.39. The van der Waals surface area contributed by atoms with E-state index in [0.717, 1.165) is 18.6 Å². The molecular formula is C13H28N2S. The summed E-state index contributed by atoms with van der Waals surface area (Å²) < 4.78 is 0. The van der Waals surface area contributed by atoms with E-state index in [4.69, 9.17) is 0 Å².